The minimum Gasteiger partial charge on any atom is -0.337 e. The van der Waals surface area contributed by atoms with Crippen LogP contribution in [0.3, 0.4) is 0 Å². The maximum Gasteiger partial charge on any atom is 0.253 e. The van der Waals surface area contributed by atoms with Gasteiger partial charge in [0.15, 0.2) is 0 Å². The molecule has 0 spiro atoms. The average Bonchev–Trinajstić information content (AvgIpc) is 3.13. The van der Waals surface area contributed by atoms with Crippen LogP contribution < -0.4 is 16.0 Å². The van der Waals surface area contributed by atoms with E-state index >= 15 is 0 Å². The van der Waals surface area contributed by atoms with Crippen LogP contribution in [-0.4, -0.2) is 61.7 Å². The first-order valence-electron chi connectivity index (χ1n) is 13.6. The fourth-order valence-corrected chi connectivity index (χ4v) is 5.67. The number of anilines is 1. The number of likely N-dealkylation sites (N-methyl/N-ethyl adjacent to an activating group) is 1. The number of halogens is 3. The van der Waals surface area contributed by atoms with Crippen LogP contribution in [0, 0.1) is 11.6 Å². The molecule has 0 aromatic heterocycles. The first-order valence-corrected chi connectivity index (χ1v) is 14.0. The Bertz CT molecular complexity index is 1580. The fourth-order valence-electron chi connectivity index (χ4n) is 5.50. The van der Waals surface area contributed by atoms with Crippen molar-refractivity contribution in [2.75, 3.05) is 38.5 Å². The lowest BCUT2D eigenvalue weighted by atomic mass is 9.94. The van der Waals surface area contributed by atoms with Crippen molar-refractivity contribution in [2.24, 2.45) is 9.98 Å². The van der Waals surface area contributed by atoms with Gasteiger partial charge >= 0.3 is 0 Å². The molecule has 0 radical (unpaired) electrons. The van der Waals surface area contributed by atoms with E-state index in [1.807, 2.05) is 42.3 Å². The van der Waals surface area contributed by atoms with Gasteiger partial charge in [0.05, 0.1) is 30.1 Å². The molecule has 6 rings (SSSR count). The molecule has 1 fully saturated rings. The molecule has 3 aliphatic heterocycles. The van der Waals surface area contributed by atoms with Crippen molar-refractivity contribution in [3.05, 3.63) is 105 Å². The van der Waals surface area contributed by atoms with Gasteiger partial charge in [0.1, 0.15) is 11.6 Å². The van der Waals surface area contributed by atoms with Crippen LogP contribution in [0.1, 0.15) is 39.9 Å². The molecule has 1 unspecified atom stereocenters. The van der Waals surface area contributed by atoms with Crippen LogP contribution in [0.25, 0.3) is 5.70 Å². The monoisotopic (exact) mass is 574 g/mol. The minimum absolute atomic E-state index is 0.0234. The van der Waals surface area contributed by atoms with Crippen molar-refractivity contribution >= 4 is 40.6 Å². The number of hydrogen-bond donors (Lipinski definition) is 3. The largest absolute Gasteiger partial charge is 0.337 e. The second kappa shape index (κ2) is 11.4. The SMILES string of the molecule is CNC1CCCN(C(=O)c2ccc(NC3=NCC4=C(N3)c3ccc(Cl)cc3C(c3c(F)cccc3F)=NC4)cc2)C1. The molecule has 0 bridgehead atoms. The summed E-state index contributed by atoms with van der Waals surface area (Å²) in [7, 11) is 1.93. The molecule has 10 heteroatoms. The fraction of sp³-hybridized carbons (Fsp3) is 0.258. The summed E-state index contributed by atoms with van der Waals surface area (Å²) in [6, 6.07) is 16.7. The number of likely N-dealkylation sites (tertiary alicyclic amines) is 1. The van der Waals surface area contributed by atoms with Gasteiger partial charge in [-0.15, -0.1) is 0 Å². The van der Waals surface area contributed by atoms with Crippen molar-refractivity contribution < 1.29 is 13.6 Å². The predicted octanol–water partition coefficient (Wildman–Crippen LogP) is 5.08. The lowest BCUT2D eigenvalue weighted by Crippen LogP contribution is -2.46. The van der Waals surface area contributed by atoms with Crippen molar-refractivity contribution in [1.82, 2.24) is 15.5 Å². The van der Waals surface area contributed by atoms with Crippen LogP contribution in [-0.2, 0) is 0 Å². The zero-order valence-corrected chi connectivity index (χ0v) is 23.2. The van der Waals surface area contributed by atoms with E-state index in [9.17, 15) is 13.6 Å². The van der Waals surface area contributed by atoms with Crippen LogP contribution in [0.2, 0.25) is 5.02 Å². The molecule has 0 saturated carbocycles. The Morgan fingerprint density at radius 3 is 2.54 bits per heavy atom. The molecule has 3 aromatic rings. The molecule has 3 heterocycles. The Morgan fingerprint density at radius 2 is 1.78 bits per heavy atom. The molecule has 0 aliphatic carbocycles. The van der Waals surface area contributed by atoms with Crippen LogP contribution in [0.4, 0.5) is 14.5 Å². The maximum atomic E-state index is 14.8. The van der Waals surface area contributed by atoms with Crippen LogP contribution >= 0.6 is 11.6 Å². The second-order valence-corrected chi connectivity index (χ2v) is 10.7. The zero-order chi connectivity index (χ0) is 28.5. The van der Waals surface area contributed by atoms with Crippen molar-refractivity contribution in [3.63, 3.8) is 0 Å². The summed E-state index contributed by atoms with van der Waals surface area (Å²) in [6.45, 7) is 2.03. The van der Waals surface area contributed by atoms with Crippen molar-refractivity contribution in [1.29, 1.82) is 0 Å². The molecule has 210 valence electrons. The van der Waals surface area contributed by atoms with Gasteiger partial charge in [0, 0.05) is 46.5 Å². The predicted molar refractivity (Wildman–Crippen MR) is 159 cm³/mol. The summed E-state index contributed by atoms with van der Waals surface area (Å²) >= 11 is 6.33. The van der Waals surface area contributed by atoms with Gasteiger partial charge in [-0.1, -0.05) is 23.7 Å². The Hall–Kier alpha value is -4.08. The molecule has 1 atom stereocenters. The number of aliphatic imine (C=N–C) groups is 2. The first kappa shape index (κ1) is 27.1. The number of guanidine groups is 1. The zero-order valence-electron chi connectivity index (χ0n) is 22.5. The van der Waals surface area contributed by atoms with E-state index in [0.717, 1.165) is 41.9 Å². The number of amides is 1. The molecule has 3 aromatic carbocycles. The number of hydrogen-bond acceptors (Lipinski definition) is 6. The highest BCUT2D eigenvalue weighted by Crippen LogP contribution is 2.32. The van der Waals surface area contributed by atoms with Gasteiger partial charge in [0.25, 0.3) is 5.91 Å². The Morgan fingerprint density at radius 1 is 1.02 bits per heavy atom. The first-order chi connectivity index (χ1) is 19.9. The highest BCUT2D eigenvalue weighted by Gasteiger charge is 2.28. The second-order valence-electron chi connectivity index (χ2n) is 10.3. The topological polar surface area (TPSA) is 81.1 Å². The normalized spacial score (nSPS) is 18.4. The Labute approximate surface area is 242 Å². The van der Waals surface area contributed by atoms with Gasteiger partial charge in [0.2, 0.25) is 5.96 Å². The van der Waals surface area contributed by atoms with Gasteiger partial charge in [-0.05, 0) is 74.0 Å². The molecule has 3 aliphatic rings. The van der Waals surface area contributed by atoms with Gasteiger partial charge in [-0.25, -0.2) is 13.8 Å². The summed E-state index contributed by atoms with van der Waals surface area (Å²) in [5, 5.41) is 10.3. The number of piperidine rings is 1. The molecular weight excluding hydrogens is 546 g/mol. The highest BCUT2D eigenvalue weighted by molar-refractivity contribution is 6.31. The Kier molecular flexibility index (Phi) is 7.55. The molecule has 41 heavy (non-hydrogen) atoms. The minimum atomic E-state index is -0.690. The van der Waals surface area contributed by atoms with Crippen LogP contribution in [0.15, 0.2) is 76.2 Å². The lowest BCUT2D eigenvalue weighted by molar-refractivity contribution is 0.0698. The molecule has 7 nitrogen and oxygen atoms in total. The Balaban J connectivity index is 1.21. The summed E-state index contributed by atoms with van der Waals surface area (Å²) in [4.78, 5) is 24.2. The number of fused-ring (bicyclic) bond motifs is 2. The standard InChI is InChI=1S/C31H29ClF2N6O/c1-35-22-4-3-13-40(17-22)30(41)18-7-10-21(11-8-18)38-31-37-16-19-15-36-29(27-25(33)5-2-6-26(27)34)24-14-20(32)9-12-23(24)28(19)39-31/h2,5-12,14,22,35H,3-4,13,15-17H2,1H3,(H2,37,38,39). The number of carbonyl (C=O) groups excluding carboxylic acids is 1. The van der Waals surface area contributed by atoms with Gasteiger partial charge in [-0.2, -0.15) is 0 Å². The number of nitrogens with one attached hydrogen (secondary N) is 3. The smallest absolute Gasteiger partial charge is 0.253 e. The van der Waals surface area contributed by atoms with E-state index in [4.69, 9.17) is 11.6 Å². The van der Waals surface area contributed by atoms with Crippen molar-refractivity contribution in [2.45, 2.75) is 18.9 Å². The summed E-state index contributed by atoms with van der Waals surface area (Å²) in [5.41, 5.74) is 4.32. The van der Waals surface area contributed by atoms with E-state index in [0.29, 0.717) is 41.2 Å². The molecule has 1 saturated heterocycles. The average molecular weight is 575 g/mol. The van der Waals surface area contributed by atoms with E-state index < -0.39 is 11.6 Å². The number of carbonyl (C=O) groups is 1. The molecule has 3 N–H and O–H groups in total. The highest BCUT2D eigenvalue weighted by atomic mass is 35.5. The quantitative estimate of drug-likeness (QED) is 0.406. The number of rotatable bonds is 4. The number of nitrogens with zero attached hydrogens (tertiary/aromatic N) is 3. The summed E-state index contributed by atoms with van der Waals surface area (Å²) in [5.74, 6) is -0.845. The van der Waals surface area contributed by atoms with Gasteiger partial charge in [-0.3, -0.25) is 9.79 Å². The summed E-state index contributed by atoms with van der Waals surface area (Å²) in [6.07, 6.45) is 2.05. The van der Waals surface area contributed by atoms with Gasteiger partial charge < -0.3 is 20.9 Å². The summed E-state index contributed by atoms with van der Waals surface area (Å²) < 4.78 is 29.6. The van der Waals surface area contributed by atoms with E-state index in [1.54, 1.807) is 12.1 Å². The third kappa shape index (κ3) is 5.47. The van der Waals surface area contributed by atoms with E-state index in [-0.39, 0.29) is 23.7 Å². The van der Waals surface area contributed by atoms with E-state index in [2.05, 4.69) is 25.9 Å². The van der Waals surface area contributed by atoms with E-state index in [1.165, 1.54) is 18.2 Å². The lowest BCUT2D eigenvalue weighted by Gasteiger charge is -2.32. The third-order valence-electron chi connectivity index (χ3n) is 7.67. The molecular formula is C31H29ClF2N6O. The van der Waals surface area contributed by atoms with Crippen LogP contribution in [0.5, 0.6) is 0 Å². The molecule has 1 amide bonds. The third-order valence-corrected chi connectivity index (χ3v) is 7.91. The maximum absolute atomic E-state index is 14.8. The van der Waals surface area contributed by atoms with Crippen molar-refractivity contribution in [3.8, 4) is 0 Å². The number of benzene rings is 3.